The Morgan fingerprint density at radius 2 is 1.85 bits per heavy atom. The number of aromatic nitrogens is 2. The van der Waals surface area contributed by atoms with Crippen molar-refractivity contribution in [2.24, 2.45) is 17.3 Å². The highest BCUT2D eigenvalue weighted by molar-refractivity contribution is 7.91. The predicted octanol–water partition coefficient (Wildman–Crippen LogP) is 3.30. The van der Waals surface area contributed by atoms with Crippen LogP contribution in [0.4, 0.5) is 4.79 Å². The van der Waals surface area contributed by atoms with Crippen LogP contribution in [0.15, 0.2) is 30.9 Å². The summed E-state index contributed by atoms with van der Waals surface area (Å²) in [6.45, 7) is 9.18. The zero-order valence-electron chi connectivity index (χ0n) is 31.3. The molecule has 7 rings (SSSR count). The fraction of sp³-hybridized carbons (Fsp3) is 0.632. The van der Waals surface area contributed by atoms with Gasteiger partial charge in [-0.2, -0.15) is 0 Å². The summed E-state index contributed by atoms with van der Waals surface area (Å²) in [4.78, 5) is 66.8. The number of aryl methyl sites for hydroxylation is 1. The van der Waals surface area contributed by atoms with Crippen LogP contribution in [0.5, 0.6) is 11.6 Å². The number of hydrogen-bond acceptors (Lipinski definition) is 11. The van der Waals surface area contributed by atoms with E-state index in [0.717, 1.165) is 32.1 Å². The molecule has 1 aromatic carbocycles. The van der Waals surface area contributed by atoms with Crippen molar-refractivity contribution in [1.29, 1.82) is 0 Å². The Morgan fingerprint density at radius 3 is 2.54 bits per heavy atom. The van der Waals surface area contributed by atoms with Gasteiger partial charge in [0.25, 0.3) is 5.91 Å². The van der Waals surface area contributed by atoms with Gasteiger partial charge in [-0.1, -0.05) is 39.7 Å². The Hall–Kier alpha value is -4.47. The number of carbonyl (C=O) groups is 4. The summed E-state index contributed by atoms with van der Waals surface area (Å²) >= 11 is 0. The third-order valence-electron chi connectivity index (χ3n) is 11.3. The number of sulfonamides is 1. The van der Waals surface area contributed by atoms with E-state index in [0.29, 0.717) is 47.6 Å². The van der Waals surface area contributed by atoms with E-state index in [4.69, 9.17) is 24.2 Å². The minimum absolute atomic E-state index is 0.0245. The molecule has 7 atom stereocenters. The molecular formula is C38H50N6O9S. The Labute approximate surface area is 315 Å². The van der Waals surface area contributed by atoms with Crippen LogP contribution >= 0.6 is 0 Å². The van der Waals surface area contributed by atoms with Crippen molar-refractivity contribution >= 4 is 44.9 Å². The van der Waals surface area contributed by atoms with Crippen LogP contribution in [-0.2, 0) is 35.6 Å². The van der Waals surface area contributed by atoms with E-state index in [1.807, 2.05) is 32.9 Å². The standard InChI is InChI=1S/C38H50N6O9S/c1-6-22-19-38(22,35(47)43-54(49,50)25-13-14-25)42-32(45)29-18-24-20-44(29)34(46)31(37(2,3)4)41-36(48)53-30-16-21(30)10-8-7-9-11-27-33(52-24)40-28-17-23(51-5)12-15-26(28)39-27/h6,12,15,17,21-22,24-25,29-31H,1,7-11,13-14,16,18-20H2,2-5H3,(H,41,48)(H,42,45)(H,43,47)/t21-,22+,24?,29+,30-,31-,38-/m1/s1. The maximum Gasteiger partial charge on any atom is 0.408 e. The number of ether oxygens (including phenoxy) is 3. The Morgan fingerprint density at radius 1 is 1.07 bits per heavy atom. The average molecular weight is 767 g/mol. The first-order valence-electron chi connectivity index (χ1n) is 18.9. The third kappa shape index (κ3) is 7.85. The van der Waals surface area contributed by atoms with Crippen molar-refractivity contribution in [3.05, 3.63) is 36.5 Å². The topological polar surface area (TPSA) is 195 Å². The monoisotopic (exact) mass is 766 g/mol. The number of hydrogen-bond donors (Lipinski definition) is 3. The number of rotatable bonds is 7. The van der Waals surface area contributed by atoms with Gasteiger partial charge in [0.2, 0.25) is 27.7 Å². The summed E-state index contributed by atoms with van der Waals surface area (Å²) in [6, 6.07) is 3.20. The smallest absolute Gasteiger partial charge is 0.408 e. The molecule has 0 spiro atoms. The number of alkyl carbamates (subject to hydrolysis) is 1. The molecule has 16 heteroatoms. The van der Waals surface area contributed by atoms with E-state index < -0.39 is 74.1 Å². The van der Waals surface area contributed by atoms with Crippen LogP contribution in [0.3, 0.4) is 0 Å². The fourth-order valence-electron chi connectivity index (χ4n) is 7.64. The Bertz CT molecular complexity index is 1960. The summed E-state index contributed by atoms with van der Waals surface area (Å²) in [5.74, 6) is -1.39. The molecule has 2 bridgehead atoms. The Balaban J connectivity index is 1.22. The van der Waals surface area contributed by atoms with Gasteiger partial charge in [-0.3, -0.25) is 19.1 Å². The molecule has 1 saturated heterocycles. The van der Waals surface area contributed by atoms with Gasteiger partial charge in [0, 0.05) is 18.4 Å². The molecule has 1 unspecified atom stereocenters. The number of carbonyl (C=O) groups excluding carboxylic acids is 4. The summed E-state index contributed by atoms with van der Waals surface area (Å²) in [5.41, 5.74) is -0.451. The molecule has 3 heterocycles. The van der Waals surface area contributed by atoms with Crippen LogP contribution < -0.4 is 24.8 Å². The van der Waals surface area contributed by atoms with Crippen molar-refractivity contribution in [2.75, 3.05) is 13.7 Å². The zero-order valence-corrected chi connectivity index (χ0v) is 32.1. The molecule has 4 fully saturated rings. The lowest BCUT2D eigenvalue weighted by Gasteiger charge is -2.35. The van der Waals surface area contributed by atoms with Crippen molar-refractivity contribution in [3.63, 3.8) is 0 Å². The van der Waals surface area contributed by atoms with Gasteiger partial charge in [-0.05, 0) is 68.4 Å². The van der Waals surface area contributed by atoms with Gasteiger partial charge in [0.05, 0.1) is 29.9 Å². The highest BCUT2D eigenvalue weighted by Crippen LogP contribution is 2.46. The molecule has 292 valence electrons. The van der Waals surface area contributed by atoms with Gasteiger partial charge in [0.15, 0.2) is 0 Å². The largest absolute Gasteiger partial charge is 0.497 e. The third-order valence-corrected chi connectivity index (χ3v) is 13.1. The lowest BCUT2D eigenvalue weighted by Crippen LogP contribution is -2.60. The summed E-state index contributed by atoms with van der Waals surface area (Å²) in [7, 11) is -2.33. The van der Waals surface area contributed by atoms with Gasteiger partial charge in [-0.15, -0.1) is 6.58 Å². The lowest BCUT2D eigenvalue weighted by molar-refractivity contribution is -0.142. The SMILES string of the molecule is C=C[C@H]1C[C@]1(NC(=O)[C@@H]1CC2CN1C(=O)[C@H](C(C)(C)C)NC(=O)O[C@@H]1C[C@H]1CCCCCc1nc3ccc(OC)cc3nc1O2)C(=O)NS(=O)(=O)C1CC1. The minimum Gasteiger partial charge on any atom is -0.497 e. The average Bonchev–Trinajstić information content (AvgIpc) is 4.04. The van der Waals surface area contributed by atoms with Crippen molar-refractivity contribution in [2.45, 2.75) is 120 Å². The molecule has 1 aromatic heterocycles. The van der Waals surface area contributed by atoms with Crippen LogP contribution in [0, 0.1) is 17.3 Å². The van der Waals surface area contributed by atoms with Gasteiger partial charge in [-0.25, -0.2) is 23.2 Å². The zero-order chi connectivity index (χ0) is 38.6. The van der Waals surface area contributed by atoms with Crippen LogP contribution in [0.25, 0.3) is 11.0 Å². The molecule has 3 aliphatic carbocycles. The first kappa shape index (κ1) is 37.8. The molecule has 3 N–H and O–H groups in total. The first-order valence-corrected chi connectivity index (χ1v) is 20.5. The van der Waals surface area contributed by atoms with E-state index in [1.165, 1.54) is 11.0 Å². The second-order valence-corrected chi connectivity index (χ2v) is 18.4. The summed E-state index contributed by atoms with van der Waals surface area (Å²) in [6.07, 6.45) is 5.93. The van der Waals surface area contributed by atoms with Crippen LogP contribution in [-0.4, -0.2) is 95.8 Å². The number of benzene rings is 1. The van der Waals surface area contributed by atoms with Crippen LogP contribution in [0.2, 0.25) is 0 Å². The number of methoxy groups -OCH3 is 1. The Kier molecular flexibility index (Phi) is 10.0. The fourth-order valence-corrected chi connectivity index (χ4v) is 9.00. The van der Waals surface area contributed by atoms with Crippen molar-refractivity contribution in [1.82, 2.24) is 30.2 Å². The number of fused-ring (bicyclic) bond motifs is 5. The summed E-state index contributed by atoms with van der Waals surface area (Å²) < 4.78 is 45.3. The molecule has 3 saturated carbocycles. The molecule has 2 aromatic rings. The van der Waals surface area contributed by atoms with Crippen molar-refractivity contribution in [3.8, 4) is 11.6 Å². The van der Waals surface area contributed by atoms with Crippen LogP contribution in [0.1, 0.15) is 84.3 Å². The van der Waals surface area contributed by atoms with E-state index in [2.05, 4.69) is 21.9 Å². The summed E-state index contributed by atoms with van der Waals surface area (Å²) in [5, 5.41) is 4.96. The maximum atomic E-state index is 14.6. The number of nitrogens with one attached hydrogen (secondary N) is 3. The van der Waals surface area contributed by atoms with E-state index >= 15 is 0 Å². The molecule has 4 amide bonds. The lowest BCUT2D eigenvalue weighted by atomic mass is 9.85. The second kappa shape index (κ2) is 14.3. The first-order chi connectivity index (χ1) is 25.6. The van der Waals surface area contributed by atoms with Gasteiger partial charge >= 0.3 is 6.09 Å². The molecule has 15 nitrogen and oxygen atoms in total. The van der Waals surface area contributed by atoms with E-state index in [9.17, 15) is 27.6 Å². The molecule has 5 aliphatic rings. The quantitative estimate of drug-likeness (QED) is 0.350. The maximum absolute atomic E-state index is 14.6. The second-order valence-electron chi connectivity index (χ2n) is 16.5. The highest BCUT2D eigenvalue weighted by Gasteiger charge is 2.62. The normalized spacial score (nSPS) is 30.3. The van der Waals surface area contributed by atoms with E-state index in [1.54, 1.807) is 13.2 Å². The number of nitrogens with zero attached hydrogens (tertiary/aromatic N) is 3. The highest BCUT2D eigenvalue weighted by atomic mass is 32.2. The van der Waals surface area contributed by atoms with Gasteiger partial charge < -0.3 is 29.7 Å². The van der Waals surface area contributed by atoms with Gasteiger partial charge in [0.1, 0.15) is 41.3 Å². The molecular weight excluding hydrogens is 717 g/mol. The van der Waals surface area contributed by atoms with E-state index in [-0.39, 0.29) is 31.4 Å². The minimum atomic E-state index is -3.90. The molecule has 0 radical (unpaired) electrons. The molecule has 54 heavy (non-hydrogen) atoms. The van der Waals surface area contributed by atoms with Crippen molar-refractivity contribution < 1.29 is 41.8 Å². The predicted molar refractivity (Wildman–Crippen MR) is 197 cm³/mol. The number of amides is 4. The molecule has 2 aliphatic heterocycles.